The SMILES string of the molecule is CCC(CC)(c1ccc(OC(C)C(C)(O)C(C)(C)C)c(C)c1)c1ccc(C(=O)N(C)CN)c(C)c1. The molecule has 0 aliphatic rings. The zero-order valence-electron chi connectivity index (χ0n) is 23.5. The van der Waals surface area contributed by atoms with Crippen molar-refractivity contribution >= 4 is 5.91 Å². The molecule has 0 aromatic heterocycles. The van der Waals surface area contributed by atoms with Gasteiger partial charge in [0.25, 0.3) is 5.91 Å². The zero-order valence-corrected chi connectivity index (χ0v) is 23.5. The minimum absolute atomic E-state index is 0.0623. The number of carbonyl (C=O) groups is 1. The smallest absolute Gasteiger partial charge is 0.254 e. The standard InChI is InChI=1S/C30H46N2O3/c1-11-30(12-2,23-13-15-25(20(3)17-23)27(33)32(10)19-31)24-14-16-26(21(4)18-24)35-22(5)29(9,34)28(6,7)8/h13-18,22,34H,11-12,19,31H2,1-10H3. The van der Waals surface area contributed by atoms with Crippen molar-refractivity contribution in [3.8, 4) is 5.75 Å². The Kier molecular flexibility index (Phi) is 8.84. The molecule has 0 spiro atoms. The van der Waals surface area contributed by atoms with Gasteiger partial charge in [0.1, 0.15) is 17.5 Å². The molecular formula is C30H46N2O3. The average molecular weight is 483 g/mol. The Morgan fingerprint density at radius 3 is 1.94 bits per heavy atom. The summed E-state index contributed by atoms with van der Waals surface area (Å²) in [5.74, 6) is 0.724. The van der Waals surface area contributed by atoms with Gasteiger partial charge in [0.05, 0.1) is 6.67 Å². The second-order valence-corrected chi connectivity index (χ2v) is 11.1. The van der Waals surface area contributed by atoms with Gasteiger partial charge in [-0.3, -0.25) is 4.79 Å². The maximum atomic E-state index is 12.7. The number of aliphatic hydroxyl groups is 1. The lowest BCUT2D eigenvalue weighted by molar-refractivity contribution is -0.112. The summed E-state index contributed by atoms with van der Waals surface area (Å²) in [5, 5.41) is 11.1. The number of nitrogens with zero attached hydrogens (tertiary/aromatic N) is 1. The van der Waals surface area contributed by atoms with Crippen LogP contribution in [0.4, 0.5) is 0 Å². The van der Waals surface area contributed by atoms with Gasteiger partial charge in [0, 0.05) is 18.0 Å². The van der Waals surface area contributed by atoms with E-state index >= 15 is 0 Å². The molecular weight excluding hydrogens is 436 g/mol. The topological polar surface area (TPSA) is 75.8 Å². The molecule has 1 amide bonds. The first-order valence-corrected chi connectivity index (χ1v) is 12.7. The Hall–Kier alpha value is -2.37. The lowest BCUT2D eigenvalue weighted by atomic mass is 9.70. The first-order chi connectivity index (χ1) is 16.2. The van der Waals surface area contributed by atoms with E-state index in [2.05, 4.69) is 45.0 Å². The highest BCUT2D eigenvalue weighted by Gasteiger charge is 2.42. The number of aryl methyl sites for hydroxylation is 2. The number of hydrogen-bond donors (Lipinski definition) is 2. The van der Waals surface area contributed by atoms with Crippen LogP contribution in [0.5, 0.6) is 5.75 Å². The fraction of sp³-hybridized carbons (Fsp3) is 0.567. The van der Waals surface area contributed by atoms with Crippen LogP contribution in [0.1, 0.15) is 93.9 Å². The zero-order chi connectivity index (χ0) is 26.8. The summed E-state index contributed by atoms with van der Waals surface area (Å²) in [6, 6.07) is 12.5. The van der Waals surface area contributed by atoms with Gasteiger partial charge in [-0.25, -0.2) is 0 Å². The summed E-state index contributed by atoms with van der Waals surface area (Å²) in [6.07, 6.45) is 1.48. The van der Waals surface area contributed by atoms with Gasteiger partial charge in [-0.2, -0.15) is 0 Å². The molecule has 0 fully saturated rings. The van der Waals surface area contributed by atoms with Gasteiger partial charge < -0.3 is 20.5 Å². The van der Waals surface area contributed by atoms with Gasteiger partial charge >= 0.3 is 0 Å². The lowest BCUT2D eigenvalue weighted by Crippen LogP contribution is -2.51. The molecule has 2 aromatic rings. The summed E-state index contributed by atoms with van der Waals surface area (Å²) < 4.78 is 6.27. The molecule has 2 aromatic carbocycles. The maximum absolute atomic E-state index is 12.7. The van der Waals surface area contributed by atoms with Gasteiger partial charge in [-0.05, 0) is 80.3 Å². The molecule has 0 aliphatic heterocycles. The Labute approximate surface area is 212 Å². The lowest BCUT2D eigenvalue weighted by Gasteiger charge is -2.41. The van der Waals surface area contributed by atoms with Crippen LogP contribution in [-0.4, -0.2) is 41.3 Å². The van der Waals surface area contributed by atoms with E-state index < -0.39 is 5.60 Å². The van der Waals surface area contributed by atoms with Crippen LogP contribution < -0.4 is 10.5 Å². The number of benzene rings is 2. The van der Waals surface area contributed by atoms with Crippen molar-refractivity contribution in [3.05, 3.63) is 64.2 Å². The summed E-state index contributed by atoms with van der Waals surface area (Å²) in [6.45, 7) is 18.5. The number of ether oxygens (including phenoxy) is 1. The predicted octanol–water partition coefficient (Wildman–Crippen LogP) is 5.96. The van der Waals surface area contributed by atoms with E-state index in [1.807, 2.05) is 53.7 Å². The quantitative estimate of drug-likeness (QED) is 0.432. The molecule has 5 nitrogen and oxygen atoms in total. The monoisotopic (exact) mass is 482 g/mol. The molecule has 0 bridgehead atoms. The molecule has 2 atom stereocenters. The van der Waals surface area contributed by atoms with E-state index in [0.717, 1.165) is 29.7 Å². The Morgan fingerprint density at radius 2 is 1.51 bits per heavy atom. The first-order valence-electron chi connectivity index (χ1n) is 12.7. The Bertz CT molecular complexity index is 1030. The molecule has 2 rings (SSSR count). The predicted molar refractivity (Wildman–Crippen MR) is 145 cm³/mol. The van der Waals surface area contributed by atoms with Gasteiger partial charge in [-0.15, -0.1) is 0 Å². The van der Waals surface area contributed by atoms with E-state index in [1.165, 1.54) is 16.0 Å². The van der Waals surface area contributed by atoms with Crippen LogP contribution in [0.25, 0.3) is 0 Å². The average Bonchev–Trinajstić information content (AvgIpc) is 2.80. The van der Waals surface area contributed by atoms with Crippen molar-refractivity contribution in [3.63, 3.8) is 0 Å². The number of nitrogens with two attached hydrogens (primary N) is 1. The summed E-state index contributed by atoms with van der Waals surface area (Å²) in [5.41, 5.74) is 9.28. The van der Waals surface area contributed by atoms with E-state index in [-0.39, 0.29) is 29.5 Å². The molecule has 5 heteroatoms. The van der Waals surface area contributed by atoms with Gasteiger partial charge in [0.15, 0.2) is 0 Å². The van der Waals surface area contributed by atoms with Crippen LogP contribution >= 0.6 is 0 Å². The van der Waals surface area contributed by atoms with Crippen molar-refractivity contribution in [1.82, 2.24) is 4.90 Å². The fourth-order valence-corrected chi connectivity index (χ4v) is 4.72. The number of hydrogen-bond acceptors (Lipinski definition) is 4. The van der Waals surface area contributed by atoms with Gasteiger partial charge in [0.2, 0.25) is 0 Å². The number of amides is 1. The highest BCUT2D eigenvalue weighted by Crippen LogP contribution is 2.42. The third kappa shape index (κ3) is 5.57. The highest BCUT2D eigenvalue weighted by atomic mass is 16.5. The van der Waals surface area contributed by atoms with Crippen molar-refractivity contribution in [1.29, 1.82) is 0 Å². The van der Waals surface area contributed by atoms with Crippen LogP contribution in [0, 0.1) is 19.3 Å². The van der Waals surface area contributed by atoms with Crippen molar-refractivity contribution < 1.29 is 14.6 Å². The van der Waals surface area contributed by atoms with Gasteiger partial charge in [-0.1, -0.05) is 58.9 Å². The van der Waals surface area contributed by atoms with Crippen LogP contribution in [0.3, 0.4) is 0 Å². The molecule has 0 heterocycles. The molecule has 0 aliphatic carbocycles. The van der Waals surface area contributed by atoms with Crippen molar-refractivity contribution in [2.75, 3.05) is 13.7 Å². The van der Waals surface area contributed by atoms with E-state index in [9.17, 15) is 9.90 Å². The third-order valence-electron chi connectivity index (χ3n) is 8.18. The van der Waals surface area contributed by atoms with Crippen molar-refractivity contribution in [2.24, 2.45) is 11.1 Å². The highest BCUT2D eigenvalue weighted by molar-refractivity contribution is 5.95. The largest absolute Gasteiger partial charge is 0.487 e. The number of carbonyl (C=O) groups excluding carboxylic acids is 1. The summed E-state index contributed by atoms with van der Waals surface area (Å²) in [7, 11) is 1.71. The summed E-state index contributed by atoms with van der Waals surface area (Å²) in [4.78, 5) is 14.2. The summed E-state index contributed by atoms with van der Waals surface area (Å²) >= 11 is 0. The second kappa shape index (κ2) is 10.7. The molecule has 0 radical (unpaired) electrons. The maximum Gasteiger partial charge on any atom is 0.254 e. The fourth-order valence-electron chi connectivity index (χ4n) is 4.72. The van der Waals surface area contributed by atoms with E-state index in [1.54, 1.807) is 7.05 Å². The van der Waals surface area contributed by atoms with Crippen LogP contribution in [0.15, 0.2) is 36.4 Å². The molecule has 35 heavy (non-hydrogen) atoms. The molecule has 194 valence electrons. The minimum Gasteiger partial charge on any atom is -0.487 e. The Morgan fingerprint density at radius 1 is 1.00 bits per heavy atom. The molecule has 0 saturated heterocycles. The van der Waals surface area contributed by atoms with E-state index in [0.29, 0.717) is 5.56 Å². The third-order valence-corrected chi connectivity index (χ3v) is 8.18. The molecule has 2 unspecified atom stereocenters. The number of rotatable bonds is 9. The molecule has 0 saturated carbocycles. The van der Waals surface area contributed by atoms with Crippen LogP contribution in [0.2, 0.25) is 0 Å². The van der Waals surface area contributed by atoms with Crippen LogP contribution in [-0.2, 0) is 5.41 Å². The Balaban J connectivity index is 2.46. The molecule has 3 N–H and O–H groups in total. The normalized spacial score (nSPS) is 14.9. The second-order valence-electron chi connectivity index (χ2n) is 11.1. The minimum atomic E-state index is -0.983. The van der Waals surface area contributed by atoms with E-state index in [4.69, 9.17) is 10.5 Å². The van der Waals surface area contributed by atoms with Crippen molar-refractivity contribution in [2.45, 2.75) is 92.3 Å². The first kappa shape index (κ1) is 28.9.